The number of Topliss-reactive ketones (excluding diaryl/α,β-unsaturated/α-hetero) is 1. The number of carbonyl (C=O) groups is 1. The van der Waals surface area contributed by atoms with Crippen LogP contribution in [0.3, 0.4) is 0 Å². The van der Waals surface area contributed by atoms with Crippen molar-refractivity contribution in [3.8, 4) is 6.07 Å². The summed E-state index contributed by atoms with van der Waals surface area (Å²) in [5, 5.41) is 9.02. The van der Waals surface area contributed by atoms with Crippen LogP contribution in [0.4, 0.5) is 0 Å². The van der Waals surface area contributed by atoms with Crippen molar-refractivity contribution in [2.45, 2.75) is 25.7 Å². The summed E-state index contributed by atoms with van der Waals surface area (Å²) in [6, 6.07) is 7.42. The van der Waals surface area contributed by atoms with E-state index in [2.05, 4.69) is 10.7 Å². The molecule has 0 spiro atoms. The highest BCUT2D eigenvalue weighted by molar-refractivity contribution is 6.00. The molecular formula is C15H14N2O. The van der Waals surface area contributed by atoms with Crippen LogP contribution in [0.15, 0.2) is 35.7 Å². The molecule has 0 radical (unpaired) electrons. The van der Waals surface area contributed by atoms with Crippen LogP contribution in [-0.4, -0.2) is 10.8 Å². The number of nitrogens with zero attached hydrogens (tertiary/aromatic N) is 2. The minimum Gasteiger partial charge on any atom is -0.292 e. The van der Waals surface area contributed by atoms with E-state index in [1.807, 2.05) is 24.3 Å². The van der Waals surface area contributed by atoms with E-state index in [0.717, 1.165) is 25.7 Å². The second kappa shape index (κ2) is 5.95. The van der Waals surface area contributed by atoms with Gasteiger partial charge in [-0.15, -0.1) is 0 Å². The number of ketones is 1. The van der Waals surface area contributed by atoms with Crippen molar-refractivity contribution in [1.82, 2.24) is 4.98 Å². The molecule has 3 nitrogen and oxygen atoms in total. The zero-order valence-corrected chi connectivity index (χ0v) is 10.1. The van der Waals surface area contributed by atoms with Gasteiger partial charge in [-0.05, 0) is 25.0 Å². The Labute approximate surface area is 106 Å². The summed E-state index contributed by atoms with van der Waals surface area (Å²) >= 11 is 0. The number of pyridine rings is 1. The second-order valence-corrected chi connectivity index (χ2v) is 4.38. The number of carbonyl (C=O) groups excluding carboxylic acids is 1. The van der Waals surface area contributed by atoms with Gasteiger partial charge in [-0.3, -0.25) is 9.78 Å². The van der Waals surface area contributed by atoms with Gasteiger partial charge in [0, 0.05) is 18.2 Å². The maximum atomic E-state index is 12.0. The minimum absolute atomic E-state index is 0.0179. The van der Waals surface area contributed by atoms with E-state index in [4.69, 9.17) is 5.26 Å². The van der Waals surface area contributed by atoms with Gasteiger partial charge in [0.05, 0.1) is 5.69 Å². The molecule has 18 heavy (non-hydrogen) atoms. The lowest BCUT2D eigenvalue weighted by molar-refractivity contribution is -0.118. The number of nitriles is 1. The number of allylic oxidation sites excluding steroid dienone is 1. The predicted molar refractivity (Wildman–Crippen MR) is 68.3 cm³/mol. The molecule has 3 heteroatoms. The smallest absolute Gasteiger partial charge is 0.184 e. The van der Waals surface area contributed by atoms with E-state index in [1.54, 1.807) is 12.3 Å². The Morgan fingerprint density at radius 2 is 2.17 bits per heavy atom. The van der Waals surface area contributed by atoms with Crippen LogP contribution in [0, 0.1) is 17.2 Å². The van der Waals surface area contributed by atoms with E-state index in [1.165, 1.54) is 0 Å². The third-order valence-electron chi connectivity index (χ3n) is 3.14. The SMILES string of the molecule is N#CC(=C=Cc1ccccn1)C(=O)C1CCCC1. The summed E-state index contributed by atoms with van der Waals surface area (Å²) in [4.78, 5) is 16.1. The lowest BCUT2D eigenvalue weighted by atomic mass is 9.97. The number of hydrogen-bond acceptors (Lipinski definition) is 3. The van der Waals surface area contributed by atoms with Crippen molar-refractivity contribution < 1.29 is 4.79 Å². The number of hydrogen-bond donors (Lipinski definition) is 0. The molecule has 90 valence electrons. The molecule has 2 rings (SSSR count). The molecule has 1 aromatic heterocycles. The fourth-order valence-corrected chi connectivity index (χ4v) is 2.16. The van der Waals surface area contributed by atoms with Crippen LogP contribution >= 0.6 is 0 Å². The van der Waals surface area contributed by atoms with Crippen molar-refractivity contribution in [1.29, 1.82) is 5.26 Å². The molecule has 0 atom stereocenters. The van der Waals surface area contributed by atoms with Crippen LogP contribution in [0.25, 0.3) is 6.08 Å². The van der Waals surface area contributed by atoms with Crippen LogP contribution in [-0.2, 0) is 4.79 Å². The van der Waals surface area contributed by atoms with Gasteiger partial charge in [0.15, 0.2) is 5.78 Å². The van der Waals surface area contributed by atoms with Crippen LogP contribution in [0.1, 0.15) is 31.4 Å². The first kappa shape index (κ1) is 12.3. The Balaban J connectivity index is 2.20. The summed E-state index contributed by atoms with van der Waals surface area (Å²) in [5.74, 6) is -0.0496. The molecule has 1 saturated carbocycles. The van der Waals surface area contributed by atoms with E-state index in [9.17, 15) is 4.79 Å². The van der Waals surface area contributed by atoms with Gasteiger partial charge in [0.25, 0.3) is 0 Å². The quantitative estimate of drug-likeness (QED) is 0.462. The van der Waals surface area contributed by atoms with Gasteiger partial charge in [0.2, 0.25) is 0 Å². The molecule has 1 fully saturated rings. The first-order valence-electron chi connectivity index (χ1n) is 6.13. The predicted octanol–water partition coefficient (Wildman–Crippen LogP) is 2.90. The van der Waals surface area contributed by atoms with Gasteiger partial charge in [-0.25, -0.2) is 0 Å². The van der Waals surface area contributed by atoms with Crippen molar-refractivity contribution >= 4 is 11.9 Å². The van der Waals surface area contributed by atoms with Crippen LogP contribution in [0.5, 0.6) is 0 Å². The van der Waals surface area contributed by atoms with Gasteiger partial charge in [-0.1, -0.05) is 24.6 Å². The molecule has 1 heterocycles. The molecule has 1 aliphatic carbocycles. The zero-order chi connectivity index (χ0) is 12.8. The van der Waals surface area contributed by atoms with Crippen molar-refractivity contribution in [3.63, 3.8) is 0 Å². The third kappa shape index (κ3) is 2.94. The summed E-state index contributed by atoms with van der Waals surface area (Å²) in [6.07, 6.45) is 7.21. The van der Waals surface area contributed by atoms with E-state index < -0.39 is 0 Å². The molecule has 0 saturated heterocycles. The molecule has 1 aromatic rings. The highest BCUT2D eigenvalue weighted by atomic mass is 16.1. The fourth-order valence-electron chi connectivity index (χ4n) is 2.16. The van der Waals surface area contributed by atoms with Crippen molar-refractivity contribution in [2.75, 3.05) is 0 Å². The first-order valence-corrected chi connectivity index (χ1v) is 6.13. The van der Waals surface area contributed by atoms with Crippen molar-refractivity contribution in [2.24, 2.45) is 5.92 Å². The topological polar surface area (TPSA) is 53.8 Å². The first-order chi connectivity index (χ1) is 8.81. The van der Waals surface area contributed by atoms with Gasteiger partial charge < -0.3 is 0 Å². The van der Waals surface area contributed by atoms with Crippen molar-refractivity contribution in [3.05, 3.63) is 41.4 Å². The van der Waals surface area contributed by atoms with Crippen LogP contribution in [0.2, 0.25) is 0 Å². The maximum absolute atomic E-state index is 12.0. The van der Waals surface area contributed by atoms with Gasteiger partial charge in [0.1, 0.15) is 11.6 Å². The Kier molecular flexibility index (Phi) is 4.06. The fraction of sp³-hybridized carbons (Fsp3) is 0.333. The minimum atomic E-state index is -0.0674. The van der Waals surface area contributed by atoms with E-state index in [-0.39, 0.29) is 17.3 Å². The Morgan fingerprint density at radius 3 is 2.78 bits per heavy atom. The third-order valence-corrected chi connectivity index (χ3v) is 3.14. The molecule has 0 amide bonds. The highest BCUT2D eigenvalue weighted by Gasteiger charge is 2.25. The van der Waals surface area contributed by atoms with E-state index >= 15 is 0 Å². The molecule has 0 aliphatic heterocycles. The number of aromatic nitrogens is 1. The number of rotatable bonds is 3. The lowest BCUT2D eigenvalue weighted by Gasteiger charge is -2.03. The summed E-state index contributed by atoms with van der Waals surface area (Å²) in [7, 11) is 0. The maximum Gasteiger partial charge on any atom is 0.184 e. The molecule has 0 N–H and O–H groups in total. The normalized spacial score (nSPS) is 14.6. The molecule has 0 unspecified atom stereocenters. The van der Waals surface area contributed by atoms with Crippen LogP contribution < -0.4 is 0 Å². The average Bonchev–Trinajstić information content (AvgIpc) is 2.94. The average molecular weight is 238 g/mol. The Morgan fingerprint density at radius 1 is 1.39 bits per heavy atom. The molecule has 1 aliphatic rings. The Bertz CT molecular complexity index is 527. The van der Waals surface area contributed by atoms with Gasteiger partial charge in [-0.2, -0.15) is 5.26 Å². The zero-order valence-electron chi connectivity index (χ0n) is 10.1. The van der Waals surface area contributed by atoms with E-state index in [0.29, 0.717) is 5.69 Å². The monoisotopic (exact) mass is 238 g/mol. The lowest BCUT2D eigenvalue weighted by Crippen LogP contribution is -2.11. The highest BCUT2D eigenvalue weighted by Crippen LogP contribution is 2.27. The summed E-state index contributed by atoms with van der Waals surface area (Å²) < 4.78 is 0. The molecule has 0 bridgehead atoms. The largest absolute Gasteiger partial charge is 0.292 e. The standard InChI is InChI=1S/C15H14N2O/c16-11-13(15(18)12-5-1-2-6-12)8-9-14-7-3-4-10-17-14/h3-4,7,9-10,12H,1-2,5-6H2. The molecular weight excluding hydrogens is 224 g/mol. The second-order valence-electron chi connectivity index (χ2n) is 4.38. The Hall–Kier alpha value is -2.17. The summed E-state index contributed by atoms with van der Waals surface area (Å²) in [5.41, 5.74) is 3.60. The van der Waals surface area contributed by atoms with Gasteiger partial charge >= 0.3 is 0 Å². The molecule has 0 aromatic carbocycles. The summed E-state index contributed by atoms with van der Waals surface area (Å²) in [6.45, 7) is 0.